The minimum absolute atomic E-state index is 0.121. The van der Waals surface area contributed by atoms with Crippen LogP contribution < -0.4 is 0 Å². The molecule has 0 atom stereocenters. The smallest absolute Gasteiger partial charge is 0.252 e. The lowest BCUT2D eigenvalue weighted by molar-refractivity contribution is -0.179. The molecule has 0 bridgehead atoms. The minimum atomic E-state index is -0.121. The molecule has 0 unspecified atom stereocenters. The summed E-state index contributed by atoms with van der Waals surface area (Å²) in [5, 5.41) is 1.57. The number of amides is 1. The van der Waals surface area contributed by atoms with E-state index in [9.17, 15) is 4.79 Å². The third-order valence-electron chi connectivity index (χ3n) is 3.20. The number of rotatable bonds is 1. The molecular weight excluding hydrogens is 166 g/mol. The molecule has 1 aliphatic carbocycles. The Hall–Kier alpha value is -0.570. The van der Waals surface area contributed by atoms with Gasteiger partial charge in [0.25, 0.3) is 5.91 Å². The van der Waals surface area contributed by atoms with E-state index in [1.54, 1.807) is 5.06 Å². The summed E-state index contributed by atoms with van der Waals surface area (Å²) in [5.74, 6) is 0.211. The van der Waals surface area contributed by atoms with Gasteiger partial charge < -0.3 is 0 Å². The predicted octanol–water partition coefficient (Wildman–Crippen LogP) is 1.73. The van der Waals surface area contributed by atoms with Crippen LogP contribution in [-0.2, 0) is 9.63 Å². The zero-order valence-corrected chi connectivity index (χ0v) is 8.21. The molecule has 2 rings (SSSR count). The molecule has 1 saturated heterocycles. The molecule has 13 heavy (non-hydrogen) atoms. The predicted molar refractivity (Wildman–Crippen MR) is 48.9 cm³/mol. The fraction of sp³-hybridized carbons (Fsp3) is 0.900. The highest BCUT2D eigenvalue weighted by atomic mass is 16.7. The van der Waals surface area contributed by atoms with E-state index in [2.05, 4.69) is 6.92 Å². The summed E-state index contributed by atoms with van der Waals surface area (Å²) in [6.07, 6.45) is 5.44. The lowest BCUT2D eigenvalue weighted by Gasteiger charge is -2.26. The van der Waals surface area contributed by atoms with Gasteiger partial charge in [-0.25, -0.2) is 5.06 Å². The molecule has 74 valence electrons. The zero-order chi connectivity index (χ0) is 9.31. The fourth-order valence-corrected chi connectivity index (χ4v) is 2.28. The summed E-state index contributed by atoms with van der Waals surface area (Å²) in [4.78, 5) is 17.2. The van der Waals surface area contributed by atoms with E-state index in [1.165, 1.54) is 12.8 Å². The first-order chi connectivity index (χ1) is 6.22. The maximum atomic E-state index is 12.0. The first-order valence-electron chi connectivity index (χ1n) is 5.17. The molecule has 0 N–H and O–H groups in total. The van der Waals surface area contributed by atoms with Gasteiger partial charge in [0.05, 0.1) is 13.2 Å². The Balaban J connectivity index is 2.02. The average Bonchev–Trinajstić information content (AvgIpc) is 2.73. The van der Waals surface area contributed by atoms with Crippen molar-refractivity contribution in [1.82, 2.24) is 5.06 Å². The summed E-state index contributed by atoms with van der Waals surface area (Å²) < 4.78 is 0. The quantitative estimate of drug-likeness (QED) is 0.619. The Bertz CT molecular complexity index is 203. The largest absolute Gasteiger partial charge is 0.272 e. The van der Waals surface area contributed by atoms with Gasteiger partial charge in [0.15, 0.2) is 0 Å². The van der Waals surface area contributed by atoms with E-state index < -0.39 is 0 Å². The molecular formula is C10H17NO2. The summed E-state index contributed by atoms with van der Waals surface area (Å²) in [6, 6.07) is 0. The first-order valence-corrected chi connectivity index (χ1v) is 5.17. The van der Waals surface area contributed by atoms with Gasteiger partial charge in [0, 0.05) is 5.41 Å². The van der Waals surface area contributed by atoms with Gasteiger partial charge in [0.1, 0.15) is 0 Å². The Labute approximate surface area is 79.0 Å². The second kappa shape index (κ2) is 3.29. The van der Waals surface area contributed by atoms with Crippen molar-refractivity contribution in [3.8, 4) is 0 Å². The molecule has 1 saturated carbocycles. The fourth-order valence-electron chi connectivity index (χ4n) is 2.28. The standard InChI is InChI=1S/C10H17NO2/c1-10(5-2-3-6-10)9(12)11-7-4-8-13-11/h2-8H2,1H3. The lowest BCUT2D eigenvalue weighted by atomic mass is 9.88. The number of hydrogen-bond acceptors (Lipinski definition) is 2. The van der Waals surface area contributed by atoms with Crippen LogP contribution in [0.2, 0.25) is 0 Å². The van der Waals surface area contributed by atoms with Gasteiger partial charge in [0.2, 0.25) is 0 Å². The maximum Gasteiger partial charge on any atom is 0.252 e. The van der Waals surface area contributed by atoms with Crippen LogP contribution in [0, 0.1) is 5.41 Å². The van der Waals surface area contributed by atoms with Crippen molar-refractivity contribution in [3.05, 3.63) is 0 Å². The third kappa shape index (κ3) is 1.57. The number of hydroxylamine groups is 2. The van der Waals surface area contributed by atoms with E-state index in [0.717, 1.165) is 25.8 Å². The highest BCUT2D eigenvalue weighted by Gasteiger charge is 2.40. The lowest BCUT2D eigenvalue weighted by Crippen LogP contribution is -2.38. The van der Waals surface area contributed by atoms with E-state index in [-0.39, 0.29) is 11.3 Å². The number of carbonyl (C=O) groups excluding carboxylic acids is 1. The highest BCUT2D eigenvalue weighted by Crippen LogP contribution is 2.39. The molecule has 0 radical (unpaired) electrons. The van der Waals surface area contributed by atoms with Crippen molar-refractivity contribution in [2.24, 2.45) is 5.41 Å². The molecule has 3 nitrogen and oxygen atoms in total. The van der Waals surface area contributed by atoms with Crippen LogP contribution in [0.4, 0.5) is 0 Å². The van der Waals surface area contributed by atoms with Gasteiger partial charge in [-0.05, 0) is 19.3 Å². The van der Waals surface area contributed by atoms with Gasteiger partial charge >= 0.3 is 0 Å². The van der Waals surface area contributed by atoms with Crippen molar-refractivity contribution < 1.29 is 9.63 Å². The van der Waals surface area contributed by atoms with E-state index in [1.807, 2.05) is 0 Å². The topological polar surface area (TPSA) is 29.5 Å². The minimum Gasteiger partial charge on any atom is -0.272 e. The van der Waals surface area contributed by atoms with E-state index in [4.69, 9.17) is 4.84 Å². The monoisotopic (exact) mass is 183 g/mol. The molecule has 0 spiro atoms. The Morgan fingerprint density at radius 2 is 2.00 bits per heavy atom. The third-order valence-corrected chi connectivity index (χ3v) is 3.20. The molecule has 3 heteroatoms. The van der Waals surface area contributed by atoms with Crippen molar-refractivity contribution in [2.45, 2.75) is 39.0 Å². The highest BCUT2D eigenvalue weighted by molar-refractivity contribution is 5.81. The second-order valence-corrected chi connectivity index (χ2v) is 4.36. The van der Waals surface area contributed by atoms with Crippen molar-refractivity contribution in [2.75, 3.05) is 13.2 Å². The van der Waals surface area contributed by atoms with Gasteiger partial charge in [-0.15, -0.1) is 0 Å². The van der Waals surface area contributed by atoms with Crippen LogP contribution in [0.5, 0.6) is 0 Å². The van der Waals surface area contributed by atoms with Crippen LogP contribution in [-0.4, -0.2) is 24.1 Å². The van der Waals surface area contributed by atoms with Crippen LogP contribution in [0.15, 0.2) is 0 Å². The van der Waals surface area contributed by atoms with Gasteiger partial charge in [-0.1, -0.05) is 19.8 Å². The SMILES string of the molecule is CC1(C(=O)N2CCCO2)CCCC1. The first kappa shape index (κ1) is 9.00. The van der Waals surface area contributed by atoms with Crippen LogP contribution in [0.1, 0.15) is 39.0 Å². The number of hydrogen-bond donors (Lipinski definition) is 0. The summed E-state index contributed by atoms with van der Waals surface area (Å²) in [5.41, 5.74) is -0.121. The van der Waals surface area contributed by atoms with E-state index in [0.29, 0.717) is 6.61 Å². The molecule has 1 aliphatic heterocycles. The molecule has 0 aromatic carbocycles. The molecule has 0 aromatic rings. The number of nitrogens with zero attached hydrogens (tertiary/aromatic N) is 1. The van der Waals surface area contributed by atoms with Crippen LogP contribution in [0.25, 0.3) is 0 Å². The van der Waals surface area contributed by atoms with Crippen molar-refractivity contribution in [1.29, 1.82) is 0 Å². The number of carbonyl (C=O) groups is 1. The normalized spacial score (nSPS) is 26.7. The molecule has 2 aliphatic rings. The van der Waals surface area contributed by atoms with Gasteiger partial charge in [-0.2, -0.15) is 0 Å². The second-order valence-electron chi connectivity index (χ2n) is 4.36. The molecule has 1 amide bonds. The van der Waals surface area contributed by atoms with Crippen LogP contribution >= 0.6 is 0 Å². The van der Waals surface area contributed by atoms with Crippen molar-refractivity contribution >= 4 is 5.91 Å². The van der Waals surface area contributed by atoms with Crippen molar-refractivity contribution in [3.63, 3.8) is 0 Å². The average molecular weight is 183 g/mol. The Kier molecular flexibility index (Phi) is 2.28. The molecule has 1 heterocycles. The van der Waals surface area contributed by atoms with Crippen LogP contribution in [0.3, 0.4) is 0 Å². The zero-order valence-electron chi connectivity index (χ0n) is 8.21. The Morgan fingerprint density at radius 1 is 1.31 bits per heavy atom. The molecule has 0 aromatic heterocycles. The van der Waals surface area contributed by atoms with E-state index >= 15 is 0 Å². The Morgan fingerprint density at radius 3 is 2.54 bits per heavy atom. The van der Waals surface area contributed by atoms with Gasteiger partial charge in [-0.3, -0.25) is 9.63 Å². The maximum absolute atomic E-state index is 12.0. The molecule has 2 fully saturated rings. The summed E-state index contributed by atoms with van der Waals surface area (Å²) in [7, 11) is 0. The summed E-state index contributed by atoms with van der Waals surface area (Å²) >= 11 is 0. The summed E-state index contributed by atoms with van der Waals surface area (Å²) in [6.45, 7) is 3.57.